The van der Waals surface area contributed by atoms with Crippen molar-refractivity contribution in [3.8, 4) is 0 Å². The highest BCUT2D eigenvalue weighted by Gasteiger charge is 2.43. The van der Waals surface area contributed by atoms with E-state index in [0.29, 0.717) is 25.1 Å². The summed E-state index contributed by atoms with van der Waals surface area (Å²) in [5.41, 5.74) is 3.00. The van der Waals surface area contributed by atoms with Crippen molar-refractivity contribution in [3.05, 3.63) is 71.8 Å². The van der Waals surface area contributed by atoms with E-state index in [1.54, 1.807) is 0 Å². The van der Waals surface area contributed by atoms with Gasteiger partial charge in [0.15, 0.2) is 0 Å². The van der Waals surface area contributed by atoms with Crippen molar-refractivity contribution in [1.82, 2.24) is 0 Å². The summed E-state index contributed by atoms with van der Waals surface area (Å²) >= 11 is 0. The number of benzene rings is 2. The van der Waals surface area contributed by atoms with Gasteiger partial charge in [-0.1, -0.05) is 36.4 Å². The zero-order valence-electron chi connectivity index (χ0n) is 17.4. The van der Waals surface area contributed by atoms with E-state index < -0.39 is 17.5 Å². The van der Waals surface area contributed by atoms with Crippen LogP contribution in [-0.4, -0.2) is 24.5 Å². The Balaban J connectivity index is 1.27. The maximum atomic E-state index is 12.7. The van der Waals surface area contributed by atoms with Gasteiger partial charge in [-0.15, -0.1) is 0 Å². The molecule has 1 heterocycles. The third-order valence-corrected chi connectivity index (χ3v) is 5.96. The van der Waals surface area contributed by atoms with Gasteiger partial charge in [-0.2, -0.15) is 13.2 Å². The van der Waals surface area contributed by atoms with Crippen LogP contribution in [0, 0.1) is 6.92 Å². The van der Waals surface area contributed by atoms with Gasteiger partial charge in [0.1, 0.15) is 6.10 Å². The molecular formula is C24H26F3NO3. The topological polar surface area (TPSA) is 39.7 Å². The van der Waals surface area contributed by atoms with E-state index in [4.69, 9.17) is 14.5 Å². The van der Waals surface area contributed by atoms with E-state index in [2.05, 4.69) is 11.9 Å². The molecule has 4 rings (SSSR count). The lowest BCUT2D eigenvalue weighted by Gasteiger charge is -2.43. The number of aryl methyl sites for hydroxylation is 1. The van der Waals surface area contributed by atoms with Crippen molar-refractivity contribution in [1.29, 1.82) is 0 Å². The summed E-state index contributed by atoms with van der Waals surface area (Å²) in [6.45, 7) is 6.52. The minimum absolute atomic E-state index is 0.134. The lowest BCUT2D eigenvalue weighted by molar-refractivity contribution is -0.483. The first-order valence-electron chi connectivity index (χ1n) is 10.4. The number of rotatable bonds is 4. The van der Waals surface area contributed by atoms with Crippen molar-refractivity contribution in [2.45, 2.75) is 56.7 Å². The van der Waals surface area contributed by atoms with Crippen LogP contribution in [0.25, 0.3) is 5.57 Å². The number of hydrogen-bond acceptors (Lipinski definition) is 4. The Morgan fingerprint density at radius 3 is 2.23 bits per heavy atom. The van der Waals surface area contributed by atoms with Gasteiger partial charge in [0, 0.05) is 24.6 Å². The van der Waals surface area contributed by atoms with Crippen molar-refractivity contribution in [3.63, 3.8) is 0 Å². The van der Waals surface area contributed by atoms with Gasteiger partial charge >= 0.3 is 6.18 Å². The molecule has 2 aromatic rings. The number of alkyl halides is 3. The number of halogens is 3. The molecule has 1 spiro atoms. The molecule has 166 valence electrons. The Morgan fingerprint density at radius 2 is 1.68 bits per heavy atom. The van der Waals surface area contributed by atoms with Crippen LogP contribution in [0.5, 0.6) is 0 Å². The van der Waals surface area contributed by atoms with Crippen LogP contribution >= 0.6 is 0 Å². The summed E-state index contributed by atoms with van der Waals surface area (Å²) < 4.78 is 44.2. The van der Waals surface area contributed by atoms with Crippen LogP contribution in [-0.2, 0) is 20.7 Å². The zero-order valence-corrected chi connectivity index (χ0v) is 17.4. The largest absolute Gasteiger partial charge is 0.416 e. The molecule has 31 heavy (non-hydrogen) atoms. The van der Waals surface area contributed by atoms with E-state index in [1.807, 2.05) is 31.2 Å². The molecule has 7 heteroatoms. The first-order valence-corrected chi connectivity index (χ1v) is 10.4. The summed E-state index contributed by atoms with van der Waals surface area (Å²) in [5.74, 6) is -0.775. The van der Waals surface area contributed by atoms with Gasteiger partial charge in [0.25, 0.3) is 0 Å². The van der Waals surface area contributed by atoms with Crippen molar-refractivity contribution in [2.75, 3.05) is 11.9 Å². The van der Waals surface area contributed by atoms with E-state index in [-0.39, 0.29) is 12.1 Å². The average molecular weight is 433 g/mol. The van der Waals surface area contributed by atoms with E-state index in [1.165, 1.54) is 17.7 Å². The zero-order chi connectivity index (χ0) is 22.1. The summed E-state index contributed by atoms with van der Waals surface area (Å²) in [6, 6.07) is 13.3. The van der Waals surface area contributed by atoms with Gasteiger partial charge < -0.3 is 10.1 Å². The minimum atomic E-state index is -4.33. The molecule has 0 aromatic heterocycles. The smallest absolute Gasteiger partial charge is 0.382 e. The molecule has 1 unspecified atom stereocenters. The van der Waals surface area contributed by atoms with Gasteiger partial charge in [0.2, 0.25) is 5.79 Å². The number of nitrogens with one attached hydrogen (secondary N) is 1. The predicted molar refractivity (Wildman–Crippen MR) is 112 cm³/mol. The summed E-state index contributed by atoms with van der Waals surface area (Å²) in [7, 11) is 0. The van der Waals surface area contributed by atoms with Gasteiger partial charge in [0.05, 0.1) is 12.2 Å². The highest BCUT2D eigenvalue weighted by atomic mass is 19.4. The van der Waals surface area contributed by atoms with E-state index in [9.17, 15) is 13.2 Å². The van der Waals surface area contributed by atoms with Crippen LogP contribution in [0.3, 0.4) is 0 Å². The van der Waals surface area contributed by atoms with Crippen LogP contribution in [0.1, 0.15) is 42.4 Å². The molecule has 1 atom stereocenters. The molecule has 2 fully saturated rings. The fraction of sp³-hybridized carbons (Fsp3) is 0.417. The SMILES string of the molecule is C=C(c1ccc(C)cc1)C1COC2(CCC(Nc3ccc(C(F)(F)F)cc3)CC2)OO1. The molecule has 0 bridgehead atoms. The predicted octanol–water partition coefficient (Wildman–Crippen LogP) is 6.13. The lowest BCUT2D eigenvalue weighted by Crippen LogP contribution is -2.49. The summed E-state index contributed by atoms with van der Waals surface area (Å²) in [5, 5.41) is 3.30. The standard InChI is InChI=1S/C24H26F3NO3/c1-16-3-5-18(6-4-16)17(2)22-15-29-23(31-30-22)13-11-21(12-14-23)28-20-9-7-19(8-10-20)24(25,26)27/h3-10,21-22,28H,2,11-15H2,1H3. The Kier molecular flexibility index (Phi) is 6.10. The fourth-order valence-electron chi connectivity index (χ4n) is 3.96. The average Bonchev–Trinajstić information content (AvgIpc) is 2.76. The minimum Gasteiger partial charge on any atom is -0.382 e. The van der Waals surface area contributed by atoms with Gasteiger partial charge in [-0.3, -0.25) is 0 Å². The van der Waals surface area contributed by atoms with E-state index >= 15 is 0 Å². The summed E-state index contributed by atoms with van der Waals surface area (Å²) in [6.07, 6.45) is -1.91. The molecule has 4 nitrogen and oxygen atoms in total. The second kappa shape index (κ2) is 8.65. The monoisotopic (exact) mass is 433 g/mol. The van der Waals surface area contributed by atoms with Gasteiger partial charge in [-0.05, 0) is 55.2 Å². The molecule has 1 N–H and O–H groups in total. The third kappa shape index (κ3) is 5.11. The van der Waals surface area contributed by atoms with Crippen LogP contribution in [0.15, 0.2) is 55.1 Å². The van der Waals surface area contributed by atoms with Crippen LogP contribution in [0.2, 0.25) is 0 Å². The Hall–Kier alpha value is -2.35. The number of anilines is 1. The molecule has 1 saturated heterocycles. The van der Waals surface area contributed by atoms with Gasteiger partial charge in [-0.25, -0.2) is 9.78 Å². The highest BCUT2D eigenvalue weighted by Crippen LogP contribution is 2.39. The van der Waals surface area contributed by atoms with E-state index in [0.717, 1.165) is 36.1 Å². The maximum absolute atomic E-state index is 12.7. The molecule has 0 amide bonds. The molecule has 2 aromatic carbocycles. The maximum Gasteiger partial charge on any atom is 0.416 e. The Labute approximate surface area is 179 Å². The molecule has 1 aliphatic heterocycles. The number of hydrogen-bond donors (Lipinski definition) is 1. The molecule has 1 saturated carbocycles. The van der Waals surface area contributed by atoms with Crippen molar-refractivity contribution in [2.24, 2.45) is 0 Å². The quantitative estimate of drug-likeness (QED) is 0.590. The first-order chi connectivity index (χ1) is 14.7. The lowest BCUT2D eigenvalue weighted by atomic mass is 9.89. The van der Waals surface area contributed by atoms with Crippen molar-refractivity contribution >= 4 is 11.3 Å². The summed E-state index contributed by atoms with van der Waals surface area (Å²) in [4.78, 5) is 11.4. The first kappa shape index (κ1) is 21.9. The van der Waals surface area contributed by atoms with Crippen LogP contribution in [0.4, 0.5) is 18.9 Å². The second-order valence-corrected chi connectivity index (χ2v) is 8.27. The normalized spacial score (nSPS) is 26.6. The van der Waals surface area contributed by atoms with Crippen molar-refractivity contribution < 1.29 is 27.7 Å². The fourth-order valence-corrected chi connectivity index (χ4v) is 3.96. The Bertz CT molecular complexity index is 891. The number of ether oxygens (including phenoxy) is 1. The van der Waals surface area contributed by atoms with Crippen LogP contribution < -0.4 is 5.32 Å². The third-order valence-electron chi connectivity index (χ3n) is 5.96. The molecule has 1 aliphatic carbocycles. The molecule has 0 radical (unpaired) electrons. The molecular weight excluding hydrogens is 407 g/mol. The highest BCUT2D eigenvalue weighted by molar-refractivity contribution is 5.67. The molecule has 2 aliphatic rings. The Morgan fingerprint density at radius 1 is 1.03 bits per heavy atom. The second-order valence-electron chi connectivity index (χ2n) is 8.27.